The standard InChI is InChI=1S/2C7H11F/c2*8-7-4-5-1-2-6(7)3-5/h2*5-7H,1-4H2/t2*5-,6+,7+/m10/s1. The van der Waals surface area contributed by atoms with E-state index in [4.69, 9.17) is 0 Å². The van der Waals surface area contributed by atoms with E-state index in [1.54, 1.807) is 0 Å². The Morgan fingerprint density at radius 1 is 0.562 bits per heavy atom. The minimum atomic E-state index is -0.422. The number of rotatable bonds is 0. The molecule has 92 valence electrons. The fourth-order valence-corrected chi connectivity index (χ4v) is 4.33. The van der Waals surface area contributed by atoms with Crippen LogP contribution in [0.1, 0.15) is 51.4 Å². The molecule has 4 bridgehead atoms. The molecule has 4 fully saturated rings. The predicted molar refractivity (Wildman–Crippen MR) is 60.7 cm³/mol. The zero-order chi connectivity index (χ0) is 11.1. The molecule has 6 atom stereocenters. The Balaban J connectivity index is 0.000000101. The Morgan fingerprint density at radius 2 is 1.00 bits per heavy atom. The highest BCUT2D eigenvalue weighted by Gasteiger charge is 2.40. The van der Waals surface area contributed by atoms with Crippen molar-refractivity contribution in [2.24, 2.45) is 23.7 Å². The molecule has 0 N–H and O–H groups in total. The Bertz CT molecular complexity index is 223. The number of fused-ring (bicyclic) bond motifs is 4. The normalized spacial score (nSPS) is 52.9. The van der Waals surface area contributed by atoms with E-state index < -0.39 is 12.3 Å². The summed E-state index contributed by atoms with van der Waals surface area (Å²) in [6.45, 7) is 0. The summed E-state index contributed by atoms with van der Waals surface area (Å²) in [4.78, 5) is 0. The molecule has 0 aromatic carbocycles. The van der Waals surface area contributed by atoms with Crippen LogP contribution in [0.2, 0.25) is 0 Å². The Kier molecular flexibility index (Phi) is 2.93. The molecule has 0 heterocycles. The molecule has 2 heteroatoms. The SMILES string of the molecule is F[C@@H]1C[C@H]2CC[C@@H]1C2.F[C@H]1C[C@@H]2CC[C@H]1C2. The van der Waals surface area contributed by atoms with Crippen molar-refractivity contribution in [1.82, 2.24) is 0 Å². The molecule has 4 saturated carbocycles. The molecule has 0 amide bonds. The van der Waals surface area contributed by atoms with Crippen molar-refractivity contribution < 1.29 is 8.78 Å². The lowest BCUT2D eigenvalue weighted by Gasteiger charge is -2.11. The van der Waals surface area contributed by atoms with E-state index in [0.717, 1.165) is 24.7 Å². The Labute approximate surface area is 96.8 Å². The summed E-state index contributed by atoms with van der Waals surface area (Å²) < 4.78 is 25.2. The van der Waals surface area contributed by atoms with Crippen LogP contribution >= 0.6 is 0 Å². The number of alkyl halides is 2. The van der Waals surface area contributed by atoms with Gasteiger partial charge in [-0.15, -0.1) is 0 Å². The van der Waals surface area contributed by atoms with E-state index in [2.05, 4.69) is 0 Å². The van der Waals surface area contributed by atoms with E-state index in [1.165, 1.54) is 38.5 Å². The molecular formula is C14H22F2. The second-order valence-electron chi connectivity index (χ2n) is 6.38. The quantitative estimate of drug-likeness (QED) is 0.580. The maximum atomic E-state index is 12.6. The molecule has 4 aliphatic carbocycles. The summed E-state index contributed by atoms with van der Waals surface area (Å²) in [5.74, 6) is 2.49. The maximum absolute atomic E-state index is 12.6. The van der Waals surface area contributed by atoms with Crippen molar-refractivity contribution in [2.45, 2.75) is 63.7 Å². The van der Waals surface area contributed by atoms with Gasteiger partial charge in [0, 0.05) is 0 Å². The van der Waals surface area contributed by atoms with Crippen LogP contribution in [-0.2, 0) is 0 Å². The summed E-state index contributed by atoms with van der Waals surface area (Å²) in [6, 6.07) is 0. The number of hydrogen-bond acceptors (Lipinski definition) is 0. The maximum Gasteiger partial charge on any atom is 0.103 e. The molecule has 16 heavy (non-hydrogen) atoms. The first-order chi connectivity index (χ1) is 7.72. The van der Waals surface area contributed by atoms with Gasteiger partial charge in [-0.2, -0.15) is 0 Å². The minimum absolute atomic E-state index is 0.422. The van der Waals surface area contributed by atoms with Gasteiger partial charge in [-0.25, -0.2) is 8.78 Å². The third-order valence-corrected chi connectivity index (χ3v) is 5.30. The number of hydrogen-bond donors (Lipinski definition) is 0. The van der Waals surface area contributed by atoms with Gasteiger partial charge >= 0.3 is 0 Å². The third kappa shape index (κ3) is 2.00. The van der Waals surface area contributed by atoms with E-state index in [9.17, 15) is 8.78 Å². The summed E-state index contributed by atoms with van der Waals surface area (Å²) in [5.41, 5.74) is 0. The van der Waals surface area contributed by atoms with Crippen molar-refractivity contribution in [3.8, 4) is 0 Å². The van der Waals surface area contributed by atoms with Gasteiger partial charge in [0.1, 0.15) is 12.3 Å². The van der Waals surface area contributed by atoms with Crippen LogP contribution in [0.25, 0.3) is 0 Å². The molecule has 0 spiro atoms. The zero-order valence-electron chi connectivity index (χ0n) is 9.88. The molecule has 0 aromatic rings. The van der Waals surface area contributed by atoms with Crippen LogP contribution in [0, 0.1) is 23.7 Å². The molecule has 4 aliphatic rings. The molecule has 0 aromatic heterocycles. The lowest BCUT2D eigenvalue weighted by molar-refractivity contribution is 0.230. The average molecular weight is 228 g/mol. The fraction of sp³-hybridized carbons (Fsp3) is 1.00. The highest BCUT2D eigenvalue weighted by atomic mass is 19.1. The van der Waals surface area contributed by atoms with Crippen molar-refractivity contribution in [3.05, 3.63) is 0 Å². The highest BCUT2D eigenvalue weighted by Crippen LogP contribution is 2.46. The van der Waals surface area contributed by atoms with E-state index in [-0.39, 0.29) is 0 Å². The van der Waals surface area contributed by atoms with Crippen LogP contribution in [0.5, 0.6) is 0 Å². The molecule has 0 radical (unpaired) electrons. The van der Waals surface area contributed by atoms with Gasteiger partial charge in [0.05, 0.1) is 0 Å². The van der Waals surface area contributed by atoms with Crippen LogP contribution in [-0.4, -0.2) is 12.3 Å². The Hall–Kier alpha value is -0.140. The summed E-state index contributed by atoms with van der Waals surface area (Å²) >= 11 is 0. The molecular weight excluding hydrogens is 206 g/mol. The molecule has 4 rings (SSSR count). The minimum Gasteiger partial charge on any atom is -0.247 e. The molecule has 0 unspecified atom stereocenters. The van der Waals surface area contributed by atoms with Gasteiger partial charge in [0.15, 0.2) is 0 Å². The fourth-order valence-electron chi connectivity index (χ4n) is 4.33. The highest BCUT2D eigenvalue weighted by molar-refractivity contribution is 4.90. The van der Waals surface area contributed by atoms with Crippen LogP contribution in [0.4, 0.5) is 8.78 Å². The van der Waals surface area contributed by atoms with Crippen LogP contribution in [0.3, 0.4) is 0 Å². The molecule has 0 aliphatic heterocycles. The van der Waals surface area contributed by atoms with Crippen molar-refractivity contribution in [1.29, 1.82) is 0 Å². The summed E-state index contributed by atoms with van der Waals surface area (Å²) in [5, 5.41) is 0. The monoisotopic (exact) mass is 228 g/mol. The van der Waals surface area contributed by atoms with E-state index in [0.29, 0.717) is 11.8 Å². The first-order valence-corrected chi connectivity index (χ1v) is 7.00. The van der Waals surface area contributed by atoms with Gasteiger partial charge in [-0.05, 0) is 75.0 Å². The van der Waals surface area contributed by atoms with Crippen molar-refractivity contribution in [2.75, 3.05) is 0 Å². The van der Waals surface area contributed by atoms with Gasteiger partial charge in [-0.3, -0.25) is 0 Å². The van der Waals surface area contributed by atoms with E-state index in [1.807, 2.05) is 0 Å². The van der Waals surface area contributed by atoms with Crippen LogP contribution in [0.15, 0.2) is 0 Å². The first-order valence-electron chi connectivity index (χ1n) is 7.00. The second-order valence-corrected chi connectivity index (χ2v) is 6.38. The topological polar surface area (TPSA) is 0 Å². The second kappa shape index (κ2) is 4.27. The van der Waals surface area contributed by atoms with Crippen LogP contribution < -0.4 is 0 Å². The largest absolute Gasteiger partial charge is 0.247 e. The lowest BCUT2D eigenvalue weighted by Crippen LogP contribution is -2.09. The summed E-state index contributed by atoms with van der Waals surface area (Å²) in [7, 11) is 0. The van der Waals surface area contributed by atoms with Crippen molar-refractivity contribution >= 4 is 0 Å². The predicted octanol–water partition coefficient (Wildman–Crippen LogP) is 4.29. The zero-order valence-corrected chi connectivity index (χ0v) is 9.88. The smallest absolute Gasteiger partial charge is 0.103 e. The van der Waals surface area contributed by atoms with Crippen molar-refractivity contribution in [3.63, 3.8) is 0 Å². The Morgan fingerprint density at radius 3 is 1.12 bits per heavy atom. The average Bonchev–Trinajstić information content (AvgIpc) is 2.94. The number of halogens is 2. The third-order valence-electron chi connectivity index (χ3n) is 5.30. The van der Waals surface area contributed by atoms with Gasteiger partial charge in [0.2, 0.25) is 0 Å². The van der Waals surface area contributed by atoms with Gasteiger partial charge in [0.25, 0.3) is 0 Å². The van der Waals surface area contributed by atoms with E-state index >= 15 is 0 Å². The van der Waals surface area contributed by atoms with Gasteiger partial charge in [-0.1, -0.05) is 0 Å². The molecule has 0 saturated heterocycles. The summed E-state index contributed by atoms with van der Waals surface area (Å²) in [6.07, 6.45) is 8.27. The first kappa shape index (κ1) is 11.0. The molecule has 0 nitrogen and oxygen atoms in total. The van der Waals surface area contributed by atoms with Gasteiger partial charge < -0.3 is 0 Å². The lowest BCUT2D eigenvalue weighted by atomic mass is 9.99.